The van der Waals surface area contributed by atoms with E-state index in [1.807, 2.05) is 20.8 Å². The number of ether oxygens (including phenoxy) is 1. The largest absolute Gasteiger partial charge is 0.443 e. The van der Waals surface area contributed by atoms with Gasteiger partial charge in [0, 0.05) is 18.1 Å². The lowest BCUT2D eigenvalue weighted by Crippen LogP contribution is -2.34. The molecule has 0 spiro atoms. The predicted molar refractivity (Wildman–Crippen MR) is 66.1 cm³/mol. The van der Waals surface area contributed by atoms with Gasteiger partial charge >= 0.3 is 6.09 Å². The van der Waals surface area contributed by atoms with Crippen molar-refractivity contribution in [2.45, 2.75) is 31.3 Å². The minimum Gasteiger partial charge on any atom is -0.443 e. The maximum absolute atomic E-state index is 11.7. The zero-order valence-corrected chi connectivity index (χ0v) is 10.8. The predicted octanol–water partition coefficient (Wildman–Crippen LogP) is 2.74. The molecular weight excluding hydrogens is 224 g/mol. The quantitative estimate of drug-likeness (QED) is 0.767. The van der Waals surface area contributed by atoms with Gasteiger partial charge in [-0.3, -0.25) is 4.90 Å². The van der Waals surface area contributed by atoms with E-state index in [9.17, 15) is 4.79 Å². The molecule has 1 aromatic heterocycles. The summed E-state index contributed by atoms with van der Waals surface area (Å²) >= 11 is 4.23. The van der Waals surface area contributed by atoms with Gasteiger partial charge in [0.05, 0.1) is 0 Å². The van der Waals surface area contributed by atoms with Crippen molar-refractivity contribution in [3.8, 4) is 0 Å². The number of pyridine rings is 1. The number of thiol groups is 1. The van der Waals surface area contributed by atoms with Crippen molar-refractivity contribution in [1.82, 2.24) is 4.98 Å². The normalized spacial score (nSPS) is 11.1. The van der Waals surface area contributed by atoms with Crippen LogP contribution in [0.2, 0.25) is 0 Å². The molecule has 1 aromatic rings. The summed E-state index contributed by atoms with van der Waals surface area (Å²) < 4.78 is 5.22. The second-order valence-corrected chi connectivity index (χ2v) is 4.87. The molecule has 0 unspecified atom stereocenters. The van der Waals surface area contributed by atoms with Crippen LogP contribution < -0.4 is 4.90 Å². The Kier molecular flexibility index (Phi) is 3.80. The molecule has 0 atom stereocenters. The molecule has 0 aliphatic rings. The first kappa shape index (κ1) is 12.8. The Morgan fingerprint density at radius 2 is 2.12 bits per heavy atom. The summed E-state index contributed by atoms with van der Waals surface area (Å²) in [6.07, 6.45) is 1.16. The maximum Gasteiger partial charge on any atom is 0.415 e. The van der Waals surface area contributed by atoms with E-state index in [2.05, 4.69) is 17.6 Å². The maximum atomic E-state index is 11.7. The second-order valence-electron chi connectivity index (χ2n) is 4.39. The molecule has 0 N–H and O–H groups in total. The summed E-state index contributed by atoms with van der Waals surface area (Å²) in [5, 5.41) is 0. The van der Waals surface area contributed by atoms with Crippen molar-refractivity contribution in [2.75, 3.05) is 11.9 Å². The van der Waals surface area contributed by atoms with Crippen LogP contribution >= 0.6 is 12.6 Å². The summed E-state index contributed by atoms with van der Waals surface area (Å²) in [5.74, 6) is 0.486. The van der Waals surface area contributed by atoms with Crippen LogP contribution in [0.4, 0.5) is 10.6 Å². The summed E-state index contributed by atoms with van der Waals surface area (Å²) in [6, 6.07) is 3.53. The van der Waals surface area contributed by atoms with Crippen LogP contribution in [-0.4, -0.2) is 23.7 Å². The Hall–Kier alpha value is -1.23. The molecule has 1 heterocycles. The molecule has 5 heteroatoms. The van der Waals surface area contributed by atoms with Gasteiger partial charge in [-0.1, -0.05) is 0 Å². The van der Waals surface area contributed by atoms with E-state index in [1.54, 1.807) is 25.4 Å². The molecule has 0 aromatic carbocycles. The van der Waals surface area contributed by atoms with E-state index >= 15 is 0 Å². The van der Waals surface area contributed by atoms with Crippen LogP contribution in [0.25, 0.3) is 0 Å². The van der Waals surface area contributed by atoms with Gasteiger partial charge in [0.1, 0.15) is 5.60 Å². The van der Waals surface area contributed by atoms with Gasteiger partial charge in [-0.25, -0.2) is 9.78 Å². The summed E-state index contributed by atoms with van der Waals surface area (Å²) in [5.41, 5.74) is -0.517. The van der Waals surface area contributed by atoms with E-state index in [-0.39, 0.29) is 0 Å². The number of nitrogens with zero attached hydrogens (tertiary/aromatic N) is 2. The van der Waals surface area contributed by atoms with Gasteiger partial charge in [0.15, 0.2) is 5.82 Å². The van der Waals surface area contributed by atoms with E-state index in [0.29, 0.717) is 10.7 Å². The van der Waals surface area contributed by atoms with Crippen molar-refractivity contribution >= 4 is 24.5 Å². The number of amides is 1. The van der Waals surface area contributed by atoms with Gasteiger partial charge in [0.25, 0.3) is 0 Å². The monoisotopic (exact) mass is 240 g/mol. The summed E-state index contributed by atoms with van der Waals surface area (Å²) in [7, 11) is 1.61. The molecule has 0 aliphatic carbocycles. The van der Waals surface area contributed by atoms with Crippen LogP contribution in [0, 0.1) is 0 Å². The highest BCUT2D eigenvalue weighted by Gasteiger charge is 2.22. The molecular formula is C11H16N2O2S. The highest BCUT2D eigenvalue weighted by Crippen LogP contribution is 2.21. The molecule has 0 radical (unpaired) electrons. The third-order valence-corrected chi connectivity index (χ3v) is 2.10. The molecule has 16 heavy (non-hydrogen) atoms. The Morgan fingerprint density at radius 3 is 2.62 bits per heavy atom. The number of hydrogen-bond acceptors (Lipinski definition) is 4. The average molecular weight is 240 g/mol. The smallest absolute Gasteiger partial charge is 0.415 e. The fourth-order valence-electron chi connectivity index (χ4n) is 1.06. The average Bonchev–Trinajstić information content (AvgIpc) is 2.15. The van der Waals surface area contributed by atoms with Crippen LogP contribution in [-0.2, 0) is 4.74 Å². The van der Waals surface area contributed by atoms with Crippen molar-refractivity contribution in [2.24, 2.45) is 0 Å². The van der Waals surface area contributed by atoms with Gasteiger partial charge in [-0.15, -0.1) is 12.6 Å². The highest BCUT2D eigenvalue weighted by molar-refractivity contribution is 7.80. The lowest BCUT2D eigenvalue weighted by atomic mass is 10.2. The van der Waals surface area contributed by atoms with Crippen LogP contribution in [0.5, 0.6) is 0 Å². The molecule has 1 rings (SSSR count). The van der Waals surface area contributed by atoms with E-state index < -0.39 is 11.7 Å². The third kappa shape index (κ3) is 3.41. The topological polar surface area (TPSA) is 42.4 Å². The molecule has 0 fully saturated rings. The fourth-order valence-corrected chi connectivity index (χ4v) is 1.36. The number of carbonyl (C=O) groups is 1. The lowest BCUT2D eigenvalue weighted by molar-refractivity contribution is 0.0587. The van der Waals surface area contributed by atoms with Gasteiger partial charge in [-0.05, 0) is 32.9 Å². The van der Waals surface area contributed by atoms with Gasteiger partial charge in [-0.2, -0.15) is 0 Å². The van der Waals surface area contributed by atoms with E-state index in [4.69, 9.17) is 4.74 Å². The number of aromatic nitrogens is 1. The molecule has 0 aliphatic heterocycles. The minimum absolute atomic E-state index is 0.443. The van der Waals surface area contributed by atoms with Crippen molar-refractivity contribution in [3.63, 3.8) is 0 Å². The van der Waals surface area contributed by atoms with Crippen LogP contribution in [0.15, 0.2) is 23.2 Å². The Morgan fingerprint density at radius 1 is 1.50 bits per heavy atom. The third-order valence-electron chi connectivity index (χ3n) is 1.75. The zero-order valence-electron chi connectivity index (χ0n) is 9.89. The molecule has 0 bridgehead atoms. The van der Waals surface area contributed by atoms with Crippen molar-refractivity contribution in [3.05, 3.63) is 18.3 Å². The second kappa shape index (κ2) is 4.74. The summed E-state index contributed by atoms with van der Waals surface area (Å²) in [4.78, 5) is 17.8. The minimum atomic E-state index is -0.517. The molecule has 4 nitrogen and oxygen atoms in total. The number of anilines is 1. The van der Waals surface area contributed by atoms with Crippen LogP contribution in [0.1, 0.15) is 20.8 Å². The Bertz CT molecular complexity index is 388. The van der Waals surface area contributed by atoms with Crippen molar-refractivity contribution in [1.29, 1.82) is 0 Å². The van der Waals surface area contributed by atoms with Gasteiger partial charge < -0.3 is 4.74 Å². The molecule has 0 saturated carbocycles. The number of hydrogen-bond donors (Lipinski definition) is 1. The van der Waals surface area contributed by atoms with E-state index in [1.165, 1.54) is 4.90 Å². The molecule has 88 valence electrons. The Labute approximate surface area is 101 Å². The first-order valence-electron chi connectivity index (χ1n) is 4.92. The van der Waals surface area contributed by atoms with E-state index in [0.717, 1.165) is 0 Å². The fraction of sp³-hybridized carbons (Fsp3) is 0.455. The van der Waals surface area contributed by atoms with Crippen LogP contribution in [0.3, 0.4) is 0 Å². The van der Waals surface area contributed by atoms with Gasteiger partial charge in [0.2, 0.25) is 0 Å². The van der Waals surface area contributed by atoms with Crippen molar-refractivity contribution < 1.29 is 9.53 Å². The summed E-state index contributed by atoms with van der Waals surface area (Å²) in [6.45, 7) is 5.45. The number of carbonyl (C=O) groups excluding carboxylic acids is 1. The lowest BCUT2D eigenvalue weighted by Gasteiger charge is -2.24. The first-order valence-corrected chi connectivity index (χ1v) is 5.36. The first-order chi connectivity index (χ1) is 7.31. The molecule has 0 saturated heterocycles. The molecule has 1 amide bonds. The Balaban J connectivity index is 2.83. The SMILES string of the molecule is CN(C(=O)OC(C)(C)C)c1ncccc1S. The highest BCUT2D eigenvalue weighted by atomic mass is 32.1. The number of rotatable bonds is 1. The standard InChI is InChI=1S/C11H16N2O2S/c1-11(2,3)15-10(14)13(4)9-8(16)6-5-7-12-9/h5-7,16H,1-4H3. The zero-order chi connectivity index (χ0) is 12.3.